The van der Waals surface area contributed by atoms with E-state index in [2.05, 4.69) is 0 Å². The Morgan fingerprint density at radius 3 is 1.60 bits per heavy atom. The predicted octanol–water partition coefficient (Wildman–Crippen LogP) is 3.97. The fourth-order valence-corrected chi connectivity index (χ4v) is 3.80. The average molecular weight is 302 g/mol. The first kappa shape index (κ1) is 14.9. The third-order valence-electron chi connectivity index (χ3n) is 2.67. The van der Waals surface area contributed by atoms with Gasteiger partial charge in [0.05, 0.1) is 0 Å². The molecule has 0 N–H and O–H groups in total. The van der Waals surface area contributed by atoms with Crippen LogP contribution in [0.4, 0.5) is 0 Å². The number of hydrogen-bond acceptors (Lipinski definition) is 4. The minimum Gasteiger partial charge on any atom is -0.303 e. The van der Waals surface area contributed by atoms with E-state index < -0.39 is 0 Å². The molecule has 0 radical (unpaired) electrons. The second-order valence-corrected chi connectivity index (χ2v) is 6.48. The van der Waals surface area contributed by atoms with E-state index in [1.54, 1.807) is 21.6 Å². The monoisotopic (exact) mass is 302 g/mol. The van der Waals surface area contributed by atoms with Crippen molar-refractivity contribution in [3.8, 4) is 0 Å². The minimum atomic E-state index is 0.452. The molecule has 0 fully saturated rings. The first-order valence-electron chi connectivity index (χ1n) is 6.21. The largest absolute Gasteiger partial charge is 0.303 e. The van der Waals surface area contributed by atoms with Crippen LogP contribution in [-0.2, 0) is 22.4 Å². The lowest BCUT2D eigenvalue weighted by atomic mass is 10.2. The zero-order chi connectivity index (χ0) is 14.2. The normalized spacial score (nSPS) is 10.2. The number of hydrogen-bond donors (Lipinski definition) is 0. The lowest BCUT2D eigenvalue weighted by Gasteiger charge is -2.04. The molecule has 2 aromatic rings. The summed E-state index contributed by atoms with van der Waals surface area (Å²) in [5.41, 5.74) is 2.06. The van der Waals surface area contributed by atoms with Gasteiger partial charge in [0.15, 0.2) is 0 Å². The highest BCUT2D eigenvalue weighted by atomic mass is 33.1. The van der Waals surface area contributed by atoms with E-state index in [1.807, 2.05) is 48.5 Å². The molecule has 0 spiro atoms. The molecule has 0 aliphatic carbocycles. The molecule has 0 atom stereocenters. The molecular formula is C16H14O2S2. The van der Waals surface area contributed by atoms with Gasteiger partial charge < -0.3 is 9.59 Å². The summed E-state index contributed by atoms with van der Waals surface area (Å²) in [6.07, 6.45) is 2.74. The van der Waals surface area contributed by atoms with Gasteiger partial charge in [0.2, 0.25) is 0 Å². The second-order valence-electron chi connectivity index (χ2n) is 4.20. The third kappa shape index (κ3) is 4.54. The van der Waals surface area contributed by atoms with Crippen molar-refractivity contribution in [3.05, 3.63) is 59.7 Å². The summed E-state index contributed by atoms with van der Waals surface area (Å²) in [4.78, 5) is 23.3. The minimum absolute atomic E-state index is 0.452. The van der Waals surface area contributed by atoms with E-state index in [-0.39, 0.29) is 0 Å². The van der Waals surface area contributed by atoms with Crippen LogP contribution in [0.3, 0.4) is 0 Å². The molecule has 4 heteroatoms. The van der Waals surface area contributed by atoms with Crippen LogP contribution < -0.4 is 0 Å². The van der Waals surface area contributed by atoms with Crippen molar-refractivity contribution in [1.82, 2.24) is 0 Å². The molecule has 0 aliphatic rings. The molecule has 0 bridgehead atoms. The van der Waals surface area contributed by atoms with Crippen molar-refractivity contribution in [3.63, 3.8) is 0 Å². The number of benzene rings is 2. The Labute approximate surface area is 126 Å². The van der Waals surface area contributed by atoms with Crippen LogP contribution in [0, 0.1) is 0 Å². The highest BCUT2D eigenvalue weighted by Crippen LogP contribution is 2.37. The smallest absolute Gasteiger partial charge is 0.124 e. The van der Waals surface area contributed by atoms with Crippen molar-refractivity contribution in [1.29, 1.82) is 0 Å². The molecule has 102 valence electrons. The fraction of sp³-hybridized carbons (Fsp3) is 0.125. The molecule has 0 saturated heterocycles. The molecule has 0 unspecified atom stereocenters. The van der Waals surface area contributed by atoms with Crippen molar-refractivity contribution in [2.75, 3.05) is 0 Å². The molecule has 0 aliphatic heterocycles. The molecule has 20 heavy (non-hydrogen) atoms. The second kappa shape index (κ2) is 7.92. The summed E-state index contributed by atoms with van der Waals surface area (Å²) in [7, 11) is 3.31. The third-order valence-corrected chi connectivity index (χ3v) is 5.05. The highest BCUT2D eigenvalue weighted by molar-refractivity contribution is 8.76. The van der Waals surface area contributed by atoms with Gasteiger partial charge in [-0.1, -0.05) is 45.9 Å². The van der Waals surface area contributed by atoms with Crippen molar-refractivity contribution >= 4 is 34.2 Å². The number of carbonyl (C=O) groups excluding carboxylic acids is 2. The molecule has 0 amide bonds. The standard InChI is InChI=1S/C16H14O2S2/c17-9-7-13-3-1-5-15(11-13)19-20-16-6-2-4-14(12-16)8-10-18/h1-6,9-12H,7-8H2. The Bertz CT molecular complexity index is 543. The molecule has 2 rings (SSSR count). The highest BCUT2D eigenvalue weighted by Gasteiger charge is 2.01. The first-order chi connectivity index (χ1) is 9.81. The summed E-state index contributed by atoms with van der Waals surface area (Å²) in [5.74, 6) is 0. The van der Waals surface area contributed by atoms with Crippen LogP contribution in [0.2, 0.25) is 0 Å². The quantitative estimate of drug-likeness (QED) is 0.572. The topological polar surface area (TPSA) is 34.1 Å². The predicted molar refractivity (Wildman–Crippen MR) is 84.1 cm³/mol. The van der Waals surface area contributed by atoms with Crippen molar-refractivity contribution in [2.24, 2.45) is 0 Å². The number of carbonyl (C=O) groups is 2. The maximum Gasteiger partial charge on any atom is 0.124 e. The molecular weight excluding hydrogens is 288 g/mol. The summed E-state index contributed by atoms with van der Waals surface area (Å²) in [6.45, 7) is 0. The summed E-state index contributed by atoms with van der Waals surface area (Å²) in [5, 5.41) is 0. The van der Waals surface area contributed by atoms with E-state index in [0.717, 1.165) is 33.5 Å². The number of aldehydes is 2. The fourth-order valence-electron chi connectivity index (χ4n) is 1.74. The van der Waals surface area contributed by atoms with Gasteiger partial charge >= 0.3 is 0 Å². The van der Waals surface area contributed by atoms with E-state index >= 15 is 0 Å². The lowest BCUT2D eigenvalue weighted by Crippen LogP contribution is -1.85. The SMILES string of the molecule is O=CCc1cccc(SSc2cccc(CC=O)c2)c1. The van der Waals surface area contributed by atoms with Gasteiger partial charge in [-0.05, 0) is 35.4 Å². The zero-order valence-electron chi connectivity index (χ0n) is 10.8. The molecule has 2 nitrogen and oxygen atoms in total. The van der Waals surface area contributed by atoms with Crippen LogP contribution in [0.25, 0.3) is 0 Å². The van der Waals surface area contributed by atoms with Crippen LogP contribution in [0.5, 0.6) is 0 Å². The first-order valence-corrected chi connectivity index (χ1v) is 8.36. The van der Waals surface area contributed by atoms with Gasteiger partial charge in [0.1, 0.15) is 12.6 Å². The summed E-state index contributed by atoms with van der Waals surface area (Å²) >= 11 is 0. The summed E-state index contributed by atoms with van der Waals surface area (Å²) in [6, 6.07) is 15.9. The molecule has 0 aromatic heterocycles. The molecule has 0 saturated carbocycles. The molecule has 0 heterocycles. The van der Waals surface area contributed by atoms with E-state index in [1.165, 1.54) is 0 Å². The van der Waals surface area contributed by atoms with Crippen molar-refractivity contribution < 1.29 is 9.59 Å². The Hall–Kier alpha value is -1.52. The Morgan fingerprint density at radius 1 is 0.750 bits per heavy atom. The zero-order valence-corrected chi connectivity index (χ0v) is 12.5. The van der Waals surface area contributed by atoms with E-state index in [0.29, 0.717) is 12.8 Å². The van der Waals surface area contributed by atoms with E-state index in [4.69, 9.17) is 0 Å². The Morgan fingerprint density at radius 2 is 1.20 bits per heavy atom. The van der Waals surface area contributed by atoms with Gasteiger partial charge in [-0.15, -0.1) is 0 Å². The van der Waals surface area contributed by atoms with Gasteiger partial charge in [0, 0.05) is 22.6 Å². The van der Waals surface area contributed by atoms with Gasteiger partial charge in [0.25, 0.3) is 0 Å². The average Bonchev–Trinajstić information content (AvgIpc) is 2.47. The summed E-state index contributed by atoms with van der Waals surface area (Å²) < 4.78 is 0. The van der Waals surface area contributed by atoms with Gasteiger partial charge in [-0.25, -0.2) is 0 Å². The van der Waals surface area contributed by atoms with Crippen LogP contribution >= 0.6 is 21.6 Å². The Kier molecular flexibility index (Phi) is 5.89. The van der Waals surface area contributed by atoms with Gasteiger partial charge in [-0.3, -0.25) is 0 Å². The lowest BCUT2D eigenvalue weighted by molar-refractivity contribution is -0.108. The Balaban J connectivity index is 2.00. The maximum atomic E-state index is 10.5. The number of rotatable bonds is 7. The van der Waals surface area contributed by atoms with Crippen LogP contribution in [0.15, 0.2) is 58.3 Å². The molecule has 2 aromatic carbocycles. The van der Waals surface area contributed by atoms with Gasteiger partial charge in [-0.2, -0.15) is 0 Å². The van der Waals surface area contributed by atoms with Crippen LogP contribution in [-0.4, -0.2) is 12.6 Å². The van der Waals surface area contributed by atoms with E-state index in [9.17, 15) is 9.59 Å². The maximum absolute atomic E-state index is 10.5. The van der Waals surface area contributed by atoms with Crippen molar-refractivity contribution in [2.45, 2.75) is 22.6 Å². The van der Waals surface area contributed by atoms with Crippen LogP contribution in [0.1, 0.15) is 11.1 Å².